The molecule has 0 amide bonds. The molecule has 1 aromatic heterocycles. The summed E-state index contributed by atoms with van der Waals surface area (Å²) in [5, 5.41) is 12.3. The summed E-state index contributed by atoms with van der Waals surface area (Å²) in [7, 11) is 0. The number of hydrogen-bond acceptors (Lipinski definition) is 4. The van der Waals surface area contributed by atoms with Crippen molar-refractivity contribution in [3.8, 4) is 5.75 Å². The van der Waals surface area contributed by atoms with Crippen molar-refractivity contribution in [1.29, 1.82) is 0 Å². The minimum atomic E-state index is -4.50. The van der Waals surface area contributed by atoms with Crippen LogP contribution in [0, 0.1) is 0 Å². The highest BCUT2D eigenvalue weighted by Crippen LogP contribution is 2.36. The van der Waals surface area contributed by atoms with E-state index in [2.05, 4.69) is 0 Å². The number of rotatable bonds is 4. The summed E-state index contributed by atoms with van der Waals surface area (Å²) in [4.78, 5) is 10.7. The summed E-state index contributed by atoms with van der Waals surface area (Å²) in [6.45, 7) is 1.43. The number of carboxylic acid groups (broad SMARTS) is 1. The van der Waals surface area contributed by atoms with E-state index in [1.165, 1.54) is 36.6 Å². The lowest BCUT2D eigenvalue weighted by atomic mass is 10.0. The summed E-state index contributed by atoms with van der Waals surface area (Å²) in [5.41, 5.74) is -0.858. The van der Waals surface area contributed by atoms with Gasteiger partial charge in [-0.05, 0) is 24.4 Å². The zero-order valence-corrected chi connectivity index (χ0v) is 11.6. The van der Waals surface area contributed by atoms with E-state index in [-0.39, 0.29) is 16.2 Å². The first kappa shape index (κ1) is 15.4. The molecular weight excluding hydrogens is 305 g/mol. The molecule has 112 valence electrons. The maximum Gasteiger partial charge on any atom is 0.416 e. The van der Waals surface area contributed by atoms with Crippen molar-refractivity contribution in [2.75, 3.05) is 0 Å². The monoisotopic (exact) mass is 315 g/mol. The zero-order valence-electron chi connectivity index (χ0n) is 10.8. The first-order chi connectivity index (χ1) is 9.80. The average molecular weight is 315 g/mol. The molecular formula is C14H10F3O3S-. The van der Waals surface area contributed by atoms with Crippen LogP contribution in [0.3, 0.4) is 0 Å². The smallest absolute Gasteiger partial charge is 0.416 e. The number of thiophene rings is 1. The number of benzene rings is 1. The van der Waals surface area contributed by atoms with Crippen molar-refractivity contribution >= 4 is 17.3 Å². The second-order valence-electron chi connectivity index (χ2n) is 4.25. The zero-order chi connectivity index (χ0) is 15.6. The molecule has 2 rings (SSSR count). The highest BCUT2D eigenvalue weighted by Gasteiger charge is 2.34. The molecule has 0 N–H and O–H groups in total. The summed E-state index contributed by atoms with van der Waals surface area (Å²) in [6, 6.07) is 6.41. The van der Waals surface area contributed by atoms with Gasteiger partial charge in [-0.25, -0.2) is 0 Å². The first-order valence-electron chi connectivity index (χ1n) is 5.92. The van der Waals surface area contributed by atoms with E-state index in [1.54, 1.807) is 0 Å². The fraction of sp³-hybridized carbons (Fsp3) is 0.214. The number of halogens is 3. The van der Waals surface area contributed by atoms with Crippen molar-refractivity contribution in [2.24, 2.45) is 0 Å². The third kappa shape index (κ3) is 3.36. The third-order valence-electron chi connectivity index (χ3n) is 2.82. The third-order valence-corrected chi connectivity index (χ3v) is 3.70. The lowest BCUT2D eigenvalue weighted by Gasteiger charge is -2.20. The number of aromatic carboxylic acids is 1. The molecule has 2 aromatic rings. The lowest BCUT2D eigenvalue weighted by Crippen LogP contribution is -2.22. The molecule has 3 nitrogen and oxygen atoms in total. The summed E-state index contributed by atoms with van der Waals surface area (Å²) in [6.07, 6.45) is -5.45. The second-order valence-corrected chi connectivity index (χ2v) is 5.16. The van der Waals surface area contributed by atoms with Crippen molar-refractivity contribution in [1.82, 2.24) is 0 Å². The Hall–Kier alpha value is -2.02. The molecule has 0 spiro atoms. The number of carbonyl (C=O) groups is 1. The normalized spacial score (nSPS) is 13.0. The van der Waals surface area contributed by atoms with Crippen LogP contribution in [0.25, 0.3) is 0 Å². The molecule has 0 aliphatic carbocycles. The van der Waals surface area contributed by atoms with Gasteiger partial charge in [-0.1, -0.05) is 18.2 Å². The molecule has 0 saturated heterocycles. The highest BCUT2D eigenvalue weighted by atomic mass is 32.1. The van der Waals surface area contributed by atoms with E-state index in [1.807, 2.05) is 0 Å². The topological polar surface area (TPSA) is 49.4 Å². The molecule has 21 heavy (non-hydrogen) atoms. The minimum absolute atomic E-state index is 0.00415. The minimum Gasteiger partial charge on any atom is -0.544 e. The van der Waals surface area contributed by atoms with Gasteiger partial charge in [-0.15, -0.1) is 11.3 Å². The van der Waals surface area contributed by atoms with E-state index in [9.17, 15) is 23.1 Å². The Labute approximate surface area is 122 Å². The Balaban J connectivity index is 2.31. The Morgan fingerprint density at radius 2 is 1.95 bits per heavy atom. The average Bonchev–Trinajstić information content (AvgIpc) is 2.86. The van der Waals surface area contributed by atoms with Crippen LogP contribution in [0.2, 0.25) is 0 Å². The van der Waals surface area contributed by atoms with Gasteiger partial charge in [0.15, 0.2) is 0 Å². The molecule has 7 heteroatoms. The standard InChI is InChI=1S/C14H11F3O3S/c1-8(20-11-6-7-21-12(11)13(18)19)9-4-2-3-5-10(9)14(15,16)17/h2-8H,1H3,(H,18,19)/p-1/t8-/m1/s1. The van der Waals surface area contributed by atoms with Crippen LogP contribution in [0.15, 0.2) is 35.7 Å². The largest absolute Gasteiger partial charge is 0.544 e. The molecule has 0 radical (unpaired) electrons. The van der Waals surface area contributed by atoms with Crippen molar-refractivity contribution < 1.29 is 27.8 Å². The van der Waals surface area contributed by atoms with Gasteiger partial charge in [0.25, 0.3) is 0 Å². The van der Waals surface area contributed by atoms with Gasteiger partial charge in [-0.3, -0.25) is 0 Å². The van der Waals surface area contributed by atoms with E-state index in [4.69, 9.17) is 4.74 Å². The number of carboxylic acids is 1. The quantitative estimate of drug-likeness (QED) is 0.870. The van der Waals surface area contributed by atoms with Crippen LogP contribution in [0.1, 0.15) is 33.8 Å². The first-order valence-corrected chi connectivity index (χ1v) is 6.80. The van der Waals surface area contributed by atoms with Crippen molar-refractivity contribution in [2.45, 2.75) is 19.2 Å². The van der Waals surface area contributed by atoms with Crippen LogP contribution >= 0.6 is 11.3 Å². The summed E-state index contributed by atoms with van der Waals surface area (Å²) >= 11 is 0.895. The van der Waals surface area contributed by atoms with Gasteiger partial charge in [0.2, 0.25) is 0 Å². The van der Waals surface area contributed by atoms with Crippen LogP contribution in [-0.4, -0.2) is 5.97 Å². The van der Waals surface area contributed by atoms with E-state index < -0.39 is 23.8 Å². The molecule has 0 aliphatic rings. The maximum atomic E-state index is 12.9. The Bertz CT molecular complexity index is 649. The maximum absolute atomic E-state index is 12.9. The fourth-order valence-corrected chi connectivity index (χ4v) is 2.56. The van der Waals surface area contributed by atoms with Gasteiger partial charge in [0.1, 0.15) is 11.9 Å². The molecule has 0 aliphatic heterocycles. The van der Waals surface area contributed by atoms with Crippen molar-refractivity contribution in [3.05, 3.63) is 51.7 Å². The van der Waals surface area contributed by atoms with Crippen LogP contribution in [0.5, 0.6) is 5.75 Å². The van der Waals surface area contributed by atoms with Gasteiger partial charge in [0.05, 0.1) is 16.4 Å². The number of ether oxygens (including phenoxy) is 1. The van der Waals surface area contributed by atoms with Crippen molar-refractivity contribution in [3.63, 3.8) is 0 Å². The molecule has 1 heterocycles. The number of alkyl halides is 3. The molecule has 1 aromatic carbocycles. The Morgan fingerprint density at radius 1 is 1.29 bits per heavy atom. The van der Waals surface area contributed by atoms with E-state index in [0.29, 0.717) is 0 Å². The number of carbonyl (C=O) groups excluding carboxylic acids is 1. The van der Waals surface area contributed by atoms with Gasteiger partial charge in [-0.2, -0.15) is 13.2 Å². The van der Waals surface area contributed by atoms with E-state index >= 15 is 0 Å². The van der Waals surface area contributed by atoms with Crippen LogP contribution in [0.4, 0.5) is 13.2 Å². The van der Waals surface area contributed by atoms with Crippen LogP contribution in [-0.2, 0) is 6.18 Å². The molecule has 0 unspecified atom stereocenters. The van der Waals surface area contributed by atoms with Gasteiger partial charge in [0, 0.05) is 5.56 Å². The lowest BCUT2D eigenvalue weighted by molar-refractivity contribution is -0.254. The van der Waals surface area contributed by atoms with Crippen LogP contribution < -0.4 is 9.84 Å². The number of hydrogen-bond donors (Lipinski definition) is 0. The second kappa shape index (κ2) is 5.77. The molecule has 1 atom stereocenters. The predicted octanol–water partition coefficient (Wildman–Crippen LogP) is 3.27. The Kier molecular flexibility index (Phi) is 4.22. The fourth-order valence-electron chi connectivity index (χ4n) is 1.90. The molecule has 0 fully saturated rings. The molecule has 0 saturated carbocycles. The highest BCUT2D eigenvalue weighted by molar-refractivity contribution is 7.12. The van der Waals surface area contributed by atoms with Gasteiger partial charge < -0.3 is 14.6 Å². The molecule has 0 bridgehead atoms. The Morgan fingerprint density at radius 3 is 2.57 bits per heavy atom. The van der Waals surface area contributed by atoms with E-state index in [0.717, 1.165) is 17.4 Å². The summed E-state index contributed by atoms with van der Waals surface area (Å²) < 4.78 is 44.2. The van der Waals surface area contributed by atoms with Gasteiger partial charge >= 0.3 is 6.18 Å². The summed E-state index contributed by atoms with van der Waals surface area (Å²) in [5.74, 6) is -1.42. The SMILES string of the molecule is C[C@@H](Oc1ccsc1C(=O)[O-])c1ccccc1C(F)(F)F. The predicted molar refractivity (Wildman–Crippen MR) is 69.1 cm³/mol.